The van der Waals surface area contributed by atoms with Crippen LogP contribution in [0.3, 0.4) is 0 Å². The van der Waals surface area contributed by atoms with Crippen molar-refractivity contribution in [1.82, 2.24) is 5.32 Å². The predicted molar refractivity (Wildman–Crippen MR) is 62.5 cm³/mol. The van der Waals surface area contributed by atoms with Crippen LogP contribution < -0.4 is 10.6 Å². The molecule has 2 amide bonds. The Balaban J connectivity index is 1.95. The molecule has 5 heteroatoms. The third-order valence-corrected chi connectivity index (χ3v) is 2.56. The van der Waals surface area contributed by atoms with Gasteiger partial charge in [-0.15, -0.1) is 0 Å². The molecule has 0 aromatic heterocycles. The van der Waals surface area contributed by atoms with Crippen molar-refractivity contribution >= 4 is 11.7 Å². The highest BCUT2D eigenvalue weighted by molar-refractivity contribution is 5.90. The highest BCUT2D eigenvalue weighted by Crippen LogP contribution is 2.13. The smallest absolute Gasteiger partial charge is 0.319 e. The third kappa shape index (κ3) is 2.95. The van der Waals surface area contributed by atoms with Gasteiger partial charge >= 0.3 is 6.03 Å². The summed E-state index contributed by atoms with van der Waals surface area (Å²) in [4.78, 5) is 11.6. The number of nitrogens with one attached hydrogen (secondary N) is 2. The molecule has 1 aliphatic rings. The van der Waals surface area contributed by atoms with Gasteiger partial charge in [-0.1, -0.05) is 12.1 Å². The number of nitrogens with zero attached hydrogens (tertiary/aromatic N) is 1. The monoisotopic (exact) mass is 231 g/mol. The van der Waals surface area contributed by atoms with E-state index >= 15 is 0 Å². The maximum Gasteiger partial charge on any atom is 0.319 e. The first-order chi connectivity index (χ1) is 8.29. The summed E-state index contributed by atoms with van der Waals surface area (Å²) < 4.78 is 5.16. The van der Waals surface area contributed by atoms with E-state index in [1.54, 1.807) is 24.3 Å². The summed E-state index contributed by atoms with van der Waals surface area (Å²) in [6.07, 6.45) is 0.827. The fourth-order valence-electron chi connectivity index (χ4n) is 1.68. The molecular weight excluding hydrogens is 218 g/mol. The molecule has 0 aliphatic carbocycles. The van der Waals surface area contributed by atoms with Crippen LogP contribution in [0.2, 0.25) is 0 Å². The van der Waals surface area contributed by atoms with Crippen molar-refractivity contribution in [2.75, 3.05) is 18.5 Å². The van der Waals surface area contributed by atoms with Gasteiger partial charge in [-0.3, -0.25) is 0 Å². The minimum Gasteiger partial charge on any atom is -0.379 e. The average Bonchev–Trinajstić information content (AvgIpc) is 2.82. The maximum absolute atomic E-state index is 11.6. The second kappa shape index (κ2) is 5.32. The number of ether oxygens (including phenoxy) is 1. The summed E-state index contributed by atoms with van der Waals surface area (Å²) in [6.45, 7) is 1.23. The van der Waals surface area contributed by atoms with Crippen molar-refractivity contribution < 1.29 is 9.53 Å². The van der Waals surface area contributed by atoms with E-state index in [1.807, 2.05) is 6.07 Å². The Bertz CT molecular complexity index is 447. The Morgan fingerprint density at radius 1 is 1.47 bits per heavy atom. The van der Waals surface area contributed by atoms with E-state index < -0.39 is 0 Å². The lowest BCUT2D eigenvalue weighted by atomic mass is 10.2. The van der Waals surface area contributed by atoms with E-state index in [2.05, 4.69) is 10.6 Å². The molecule has 17 heavy (non-hydrogen) atoms. The van der Waals surface area contributed by atoms with E-state index in [4.69, 9.17) is 10.00 Å². The van der Waals surface area contributed by atoms with Crippen LogP contribution >= 0.6 is 0 Å². The number of para-hydroxylation sites is 1. The number of anilines is 1. The van der Waals surface area contributed by atoms with E-state index in [1.165, 1.54) is 0 Å². The van der Waals surface area contributed by atoms with Crippen LogP contribution in [-0.2, 0) is 4.74 Å². The standard InChI is InChI=1S/C12H13N3O2/c13-7-9-3-1-2-4-11(9)15-12(16)14-10-5-6-17-8-10/h1-4,10H,5-6,8H2,(H2,14,15,16). The lowest BCUT2D eigenvalue weighted by Gasteiger charge is -2.12. The number of carbonyl (C=O) groups excluding carboxylic acids is 1. The predicted octanol–water partition coefficient (Wildman–Crippen LogP) is 1.47. The topological polar surface area (TPSA) is 74.2 Å². The minimum atomic E-state index is -0.303. The Morgan fingerprint density at radius 2 is 2.29 bits per heavy atom. The zero-order valence-corrected chi connectivity index (χ0v) is 9.27. The van der Waals surface area contributed by atoms with Gasteiger partial charge in [0.15, 0.2) is 0 Å². The van der Waals surface area contributed by atoms with Gasteiger partial charge in [0.2, 0.25) is 0 Å². The zero-order valence-electron chi connectivity index (χ0n) is 9.27. The molecule has 0 radical (unpaired) electrons. The van der Waals surface area contributed by atoms with Gasteiger partial charge in [0.25, 0.3) is 0 Å². The average molecular weight is 231 g/mol. The lowest BCUT2D eigenvalue weighted by Crippen LogP contribution is -2.38. The normalized spacial score (nSPS) is 18.4. The molecule has 1 aromatic carbocycles. The number of hydrogen-bond donors (Lipinski definition) is 2. The highest BCUT2D eigenvalue weighted by Gasteiger charge is 2.17. The second-order valence-electron chi connectivity index (χ2n) is 3.82. The van der Waals surface area contributed by atoms with Crippen molar-refractivity contribution in [1.29, 1.82) is 5.26 Å². The molecule has 0 bridgehead atoms. The number of carbonyl (C=O) groups is 1. The first-order valence-electron chi connectivity index (χ1n) is 5.44. The summed E-state index contributed by atoms with van der Waals surface area (Å²) in [5.74, 6) is 0. The van der Waals surface area contributed by atoms with Crippen LogP contribution in [0.1, 0.15) is 12.0 Å². The van der Waals surface area contributed by atoms with Crippen molar-refractivity contribution in [2.45, 2.75) is 12.5 Å². The molecule has 0 spiro atoms. The number of urea groups is 1. The maximum atomic E-state index is 11.6. The summed E-state index contributed by atoms with van der Waals surface area (Å²) in [5.41, 5.74) is 0.969. The van der Waals surface area contributed by atoms with Crippen molar-refractivity contribution in [3.8, 4) is 6.07 Å². The Labute approximate surface area is 99.4 Å². The van der Waals surface area contributed by atoms with Crippen LogP contribution in [-0.4, -0.2) is 25.3 Å². The molecule has 1 atom stereocenters. The van der Waals surface area contributed by atoms with Crippen LogP contribution in [0.15, 0.2) is 24.3 Å². The fourth-order valence-corrected chi connectivity index (χ4v) is 1.68. The van der Waals surface area contributed by atoms with Gasteiger partial charge in [0, 0.05) is 6.61 Å². The van der Waals surface area contributed by atoms with E-state index in [0.717, 1.165) is 6.42 Å². The number of nitriles is 1. The molecule has 1 fully saturated rings. The SMILES string of the molecule is N#Cc1ccccc1NC(=O)NC1CCOC1. The van der Waals surface area contributed by atoms with Crippen molar-refractivity contribution in [3.05, 3.63) is 29.8 Å². The molecule has 1 heterocycles. The molecule has 1 unspecified atom stereocenters. The zero-order chi connectivity index (χ0) is 12.1. The largest absolute Gasteiger partial charge is 0.379 e. The van der Waals surface area contributed by atoms with Crippen LogP contribution in [0, 0.1) is 11.3 Å². The summed E-state index contributed by atoms with van der Waals surface area (Å²) in [6, 6.07) is 8.67. The van der Waals surface area contributed by atoms with Gasteiger partial charge in [-0.25, -0.2) is 4.79 Å². The molecule has 1 aliphatic heterocycles. The van der Waals surface area contributed by atoms with Crippen LogP contribution in [0.5, 0.6) is 0 Å². The Kier molecular flexibility index (Phi) is 3.58. The number of rotatable bonds is 2. The van der Waals surface area contributed by atoms with Crippen LogP contribution in [0.25, 0.3) is 0 Å². The minimum absolute atomic E-state index is 0.0595. The van der Waals surface area contributed by atoms with Gasteiger partial charge < -0.3 is 15.4 Å². The van der Waals surface area contributed by atoms with E-state index in [0.29, 0.717) is 24.5 Å². The summed E-state index contributed by atoms with van der Waals surface area (Å²) >= 11 is 0. The second-order valence-corrected chi connectivity index (χ2v) is 3.82. The fraction of sp³-hybridized carbons (Fsp3) is 0.333. The van der Waals surface area contributed by atoms with Gasteiger partial charge in [-0.05, 0) is 18.6 Å². The van der Waals surface area contributed by atoms with Gasteiger partial charge in [0.1, 0.15) is 6.07 Å². The molecular formula is C12H13N3O2. The van der Waals surface area contributed by atoms with E-state index in [-0.39, 0.29) is 12.1 Å². The first-order valence-corrected chi connectivity index (χ1v) is 5.44. The van der Waals surface area contributed by atoms with Crippen molar-refractivity contribution in [3.63, 3.8) is 0 Å². The highest BCUT2D eigenvalue weighted by atomic mass is 16.5. The summed E-state index contributed by atoms with van der Waals surface area (Å²) in [5, 5.41) is 14.3. The molecule has 2 rings (SSSR count). The van der Waals surface area contributed by atoms with Crippen LogP contribution in [0.4, 0.5) is 10.5 Å². The molecule has 88 valence electrons. The Morgan fingerprint density at radius 3 is 3.00 bits per heavy atom. The lowest BCUT2D eigenvalue weighted by molar-refractivity contribution is 0.189. The molecule has 0 saturated carbocycles. The quantitative estimate of drug-likeness (QED) is 0.809. The Hall–Kier alpha value is -2.06. The van der Waals surface area contributed by atoms with E-state index in [9.17, 15) is 4.79 Å². The van der Waals surface area contributed by atoms with Gasteiger partial charge in [-0.2, -0.15) is 5.26 Å². The first kappa shape index (κ1) is 11.4. The number of hydrogen-bond acceptors (Lipinski definition) is 3. The van der Waals surface area contributed by atoms with Crippen molar-refractivity contribution in [2.24, 2.45) is 0 Å². The molecule has 2 N–H and O–H groups in total. The summed E-state index contributed by atoms with van der Waals surface area (Å²) in [7, 11) is 0. The third-order valence-electron chi connectivity index (χ3n) is 2.56. The van der Waals surface area contributed by atoms with Gasteiger partial charge in [0.05, 0.1) is 23.9 Å². The molecule has 5 nitrogen and oxygen atoms in total. The molecule has 1 aromatic rings. The number of benzene rings is 1. The molecule has 1 saturated heterocycles. The number of amides is 2.